The van der Waals surface area contributed by atoms with Gasteiger partial charge in [-0.3, -0.25) is 4.79 Å². The van der Waals surface area contributed by atoms with E-state index < -0.39 is 5.97 Å². The standard InChI is InChI=1S/C30H32FNO4/c1-20(2)13-26(25-9-11-28(31)21(3)14-25)19-36-29-16-23(7-8-24(29)10-12-30(33)34)18-35-27-6-4-5-22(15-27)17-32/h4-9,11,14-16,20,26H,10,12-13,18-19H2,1-3H3,(H,33,34). The number of carbonyl (C=O) groups is 1. The lowest BCUT2D eigenvalue weighted by Gasteiger charge is -2.22. The Kier molecular flexibility index (Phi) is 9.46. The number of halogens is 1. The maximum atomic E-state index is 13.9. The number of nitrogens with zero attached hydrogens (tertiary/aromatic N) is 1. The Morgan fingerprint density at radius 3 is 2.58 bits per heavy atom. The van der Waals surface area contributed by atoms with Gasteiger partial charge in [0.1, 0.15) is 23.9 Å². The number of hydrogen-bond acceptors (Lipinski definition) is 4. The summed E-state index contributed by atoms with van der Waals surface area (Å²) in [7, 11) is 0. The zero-order valence-electron chi connectivity index (χ0n) is 21.0. The summed E-state index contributed by atoms with van der Waals surface area (Å²) in [5.74, 6) is 0.590. The van der Waals surface area contributed by atoms with Crippen LogP contribution in [-0.2, 0) is 17.8 Å². The van der Waals surface area contributed by atoms with Gasteiger partial charge in [0.2, 0.25) is 0 Å². The van der Waals surface area contributed by atoms with Crippen LogP contribution in [0, 0.1) is 30.0 Å². The third-order valence-corrected chi connectivity index (χ3v) is 5.96. The number of aliphatic carboxylic acids is 1. The minimum atomic E-state index is -0.870. The normalized spacial score (nSPS) is 11.7. The number of nitriles is 1. The molecule has 3 aromatic carbocycles. The van der Waals surface area contributed by atoms with Gasteiger partial charge < -0.3 is 14.6 Å². The number of carboxylic acids is 1. The van der Waals surface area contributed by atoms with Gasteiger partial charge in [0, 0.05) is 12.3 Å². The van der Waals surface area contributed by atoms with Gasteiger partial charge in [0.25, 0.3) is 0 Å². The van der Waals surface area contributed by atoms with Crippen LogP contribution in [0.4, 0.5) is 4.39 Å². The molecular formula is C30H32FNO4. The van der Waals surface area contributed by atoms with Crippen LogP contribution in [0.5, 0.6) is 11.5 Å². The van der Waals surface area contributed by atoms with Crippen LogP contribution >= 0.6 is 0 Å². The topological polar surface area (TPSA) is 79.5 Å². The van der Waals surface area contributed by atoms with Gasteiger partial charge in [-0.25, -0.2) is 4.39 Å². The molecule has 0 spiro atoms. The van der Waals surface area contributed by atoms with Crippen LogP contribution in [0.1, 0.15) is 60.4 Å². The van der Waals surface area contributed by atoms with E-state index in [9.17, 15) is 14.3 Å². The van der Waals surface area contributed by atoms with Gasteiger partial charge in [-0.1, -0.05) is 44.2 Å². The van der Waals surface area contributed by atoms with E-state index in [2.05, 4.69) is 19.9 Å². The quantitative estimate of drug-likeness (QED) is 0.302. The number of aryl methyl sites for hydroxylation is 2. The molecule has 0 aliphatic carbocycles. The van der Waals surface area contributed by atoms with E-state index in [1.807, 2.05) is 30.3 Å². The van der Waals surface area contributed by atoms with Crippen LogP contribution in [-0.4, -0.2) is 17.7 Å². The molecule has 0 saturated carbocycles. The Balaban J connectivity index is 1.80. The fourth-order valence-electron chi connectivity index (χ4n) is 4.07. The second-order valence-electron chi connectivity index (χ2n) is 9.41. The van der Waals surface area contributed by atoms with E-state index in [-0.39, 0.29) is 24.8 Å². The molecule has 3 rings (SSSR count). The number of benzene rings is 3. The Morgan fingerprint density at radius 2 is 1.89 bits per heavy atom. The van der Waals surface area contributed by atoms with Gasteiger partial charge >= 0.3 is 5.97 Å². The van der Waals surface area contributed by atoms with E-state index in [0.29, 0.717) is 41.6 Å². The zero-order valence-corrected chi connectivity index (χ0v) is 21.0. The van der Waals surface area contributed by atoms with E-state index in [0.717, 1.165) is 23.1 Å². The lowest BCUT2D eigenvalue weighted by Crippen LogP contribution is -2.14. The predicted molar refractivity (Wildman–Crippen MR) is 137 cm³/mol. The van der Waals surface area contributed by atoms with Gasteiger partial charge in [-0.05, 0) is 78.3 Å². The minimum Gasteiger partial charge on any atom is -0.493 e. The number of carboxylic acid groups (broad SMARTS) is 1. The maximum absolute atomic E-state index is 13.9. The monoisotopic (exact) mass is 489 g/mol. The molecule has 188 valence electrons. The predicted octanol–water partition coefficient (Wildman–Crippen LogP) is 6.81. The molecule has 0 heterocycles. The average molecular weight is 490 g/mol. The first-order valence-corrected chi connectivity index (χ1v) is 12.1. The number of hydrogen-bond donors (Lipinski definition) is 1. The molecule has 5 nitrogen and oxygen atoms in total. The van der Waals surface area contributed by atoms with Gasteiger partial charge in [-0.2, -0.15) is 5.26 Å². The third-order valence-electron chi connectivity index (χ3n) is 5.96. The van der Waals surface area contributed by atoms with E-state index >= 15 is 0 Å². The molecular weight excluding hydrogens is 457 g/mol. The molecule has 0 fully saturated rings. The van der Waals surface area contributed by atoms with Crippen molar-refractivity contribution in [1.29, 1.82) is 5.26 Å². The summed E-state index contributed by atoms with van der Waals surface area (Å²) < 4.78 is 26.0. The Bertz CT molecular complexity index is 1230. The Labute approximate surface area is 212 Å². The SMILES string of the molecule is Cc1cc(C(COc2cc(COc3cccc(C#N)c3)ccc2CCC(=O)O)CC(C)C)ccc1F. The first kappa shape index (κ1) is 26.7. The molecule has 3 aromatic rings. The largest absolute Gasteiger partial charge is 0.493 e. The molecule has 0 bridgehead atoms. The Morgan fingerprint density at radius 1 is 1.08 bits per heavy atom. The van der Waals surface area contributed by atoms with Crippen molar-refractivity contribution in [2.75, 3.05) is 6.61 Å². The summed E-state index contributed by atoms with van der Waals surface area (Å²) in [5.41, 5.74) is 3.82. The van der Waals surface area contributed by atoms with E-state index in [4.69, 9.17) is 14.7 Å². The highest BCUT2D eigenvalue weighted by atomic mass is 19.1. The molecule has 1 atom stereocenters. The molecule has 6 heteroatoms. The van der Waals surface area contributed by atoms with Crippen molar-refractivity contribution < 1.29 is 23.8 Å². The van der Waals surface area contributed by atoms with Crippen molar-refractivity contribution in [3.63, 3.8) is 0 Å². The van der Waals surface area contributed by atoms with Crippen molar-refractivity contribution in [3.05, 3.63) is 94.3 Å². The van der Waals surface area contributed by atoms with E-state index in [1.54, 1.807) is 31.2 Å². The summed E-state index contributed by atoms with van der Waals surface area (Å²) in [5, 5.41) is 18.3. The van der Waals surface area contributed by atoms with E-state index in [1.165, 1.54) is 6.07 Å². The molecule has 0 aliphatic heterocycles. The third kappa shape index (κ3) is 7.84. The van der Waals surface area contributed by atoms with Crippen LogP contribution in [0.25, 0.3) is 0 Å². The molecule has 0 amide bonds. The first-order chi connectivity index (χ1) is 17.2. The van der Waals surface area contributed by atoms with Crippen LogP contribution in [0.2, 0.25) is 0 Å². The second kappa shape index (κ2) is 12.7. The average Bonchev–Trinajstić information content (AvgIpc) is 2.86. The van der Waals surface area contributed by atoms with Crippen molar-refractivity contribution in [3.8, 4) is 17.6 Å². The fraction of sp³-hybridized carbons (Fsp3) is 0.333. The van der Waals surface area contributed by atoms with Crippen LogP contribution in [0.15, 0.2) is 60.7 Å². The molecule has 0 saturated heterocycles. The minimum absolute atomic E-state index is 0.000260. The van der Waals surface area contributed by atoms with Gasteiger partial charge in [-0.15, -0.1) is 0 Å². The summed E-state index contributed by atoms with van der Waals surface area (Å²) in [4.78, 5) is 11.2. The molecule has 1 N–H and O–H groups in total. The molecule has 0 aliphatic rings. The molecule has 36 heavy (non-hydrogen) atoms. The maximum Gasteiger partial charge on any atom is 0.303 e. The van der Waals surface area contributed by atoms with Crippen molar-refractivity contribution in [2.24, 2.45) is 5.92 Å². The van der Waals surface area contributed by atoms with Crippen molar-refractivity contribution >= 4 is 5.97 Å². The smallest absolute Gasteiger partial charge is 0.303 e. The lowest BCUT2D eigenvalue weighted by atomic mass is 9.90. The Hall–Kier alpha value is -3.85. The van der Waals surface area contributed by atoms with Crippen LogP contribution in [0.3, 0.4) is 0 Å². The highest BCUT2D eigenvalue weighted by molar-refractivity contribution is 5.67. The zero-order chi connectivity index (χ0) is 26.1. The van der Waals surface area contributed by atoms with Crippen molar-refractivity contribution in [2.45, 2.75) is 52.6 Å². The number of ether oxygens (including phenoxy) is 2. The second-order valence-corrected chi connectivity index (χ2v) is 9.41. The van der Waals surface area contributed by atoms with Crippen LogP contribution < -0.4 is 9.47 Å². The molecule has 1 unspecified atom stereocenters. The number of rotatable bonds is 12. The highest BCUT2D eigenvalue weighted by Crippen LogP contribution is 2.29. The highest BCUT2D eigenvalue weighted by Gasteiger charge is 2.17. The summed E-state index contributed by atoms with van der Waals surface area (Å²) in [6, 6.07) is 19.9. The fourth-order valence-corrected chi connectivity index (χ4v) is 4.07. The molecule has 0 radical (unpaired) electrons. The van der Waals surface area contributed by atoms with Crippen molar-refractivity contribution in [1.82, 2.24) is 0 Å². The van der Waals surface area contributed by atoms with Gasteiger partial charge in [0.05, 0.1) is 18.2 Å². The lowest BCUT2D eigenvalue weighted by molar-refractivity contribution is -0.136. The summed E-state index contributed by atoms with van der Waals surface area (Å²) >= 11 is 0. The summed E-state index contributed by atoms with van der Waals surface area (Å²) in [6.07, 6.45) is 1.22. The first-order valence-electron chi connectivity index (χ1n) is 12.1. The summed E-state index contributed by atoms with van der Waals surface area (Å²) in [6.45, 7) is 6.70. The van der Waals surface area contributed by atoms with Gasteiger partial charge in [0.15, 0.2) is 0 Å². The molecule has 0 aromatic heterocycles.